The highest BCUT2D eigenvalue weighted by molar-refractivity contribution is 5.74. The van der Waals surface area contributed by atoms with Gasteiger partial charge in [0, 0.05) is 30.7 Å². The molecule has 2 aliphatic heterocycles. The molecule has 0 radical (unpaired) electrons. The molecular formula is C16H19N5O. The van der Waals surface area contributed by atoms with E-state index in [1.165, 1.54) is 12.8 Å². The number of nitrogen functional groups attached to an aromatic ring is 1. The third-order valence-corrected chi connectivity index (χ3v) is 4.54. The van der Waals surface area contributed by atoms with Gasteiger partial charge in [0.15, 0.2) is 5.82 Å². The molecule has 0 amide bonds. The number of nitrogens with one attached hydrogen (secondary N) is 1. The Bertz CT molecular complexity index is 693. The molecule has 2 saturated heterocycles. The van der Waals surface area contributed by atoms with E-state index in [0.717, 1.165) is 18.8 Å². The Labute approximate surface area is 129 Å². The quantitative estimate of drug-likeness (QED) is 0.776. The summed E-state index contributed by atoms with van der Waals surface area (Å²) in [7, 11) is 0. The molecule has 2 aromatic rings. The van der Waals surface area contributed by atoms with Crippen LogP contribution in [0, 0.1) is 0 Å². The Balaban J connectivity index is 1.71. The molecule has 2 atom stereocenters. The second-order valence-corrected chi connectivity index (χ2v) is 6.06. The van der Waals surface area contributed by atoms with Crippen LogP contribution in [0.15, 0.2) is 30.3 Å². The lowest BCUT2D eigenvalue weighted by Crippen LogP contribution is -2.51. The summed E-state index contributed by atoms with van der Waals surface area (Å²) >= 11 is 0. The molecule has 4 rings (SSSR count). The number of piperazine rings is 1. The molecule has 4 N–H and O–H groups in total. The molecule has 1 aromatic heterocycles. The lowest BCUT2D eigenvalue weighted by molar-refractivity contribution is 0.465. The van der Waals surface area contributed by atoms with E-state index >= 15 is 0 Å². The van der Waals surface area contributed by atoms with Gasteiger partial charge in [0.1, 0.15) is 5.75 Å². The molecule has 0 aliphatic carbocycles. The fourth-order valence-corrected chi connectivity index (χ4v) is 3.46. The van der Waals surface area contributed by atoms with E-state index in [1.54, 1.807) is 12.1 Å². The first-order chi connectivity index (χ1) is 10.7. The topological polar surface area (TPSA) is 87.3 Å². The van der Waals surface area contributed by atoms with Crippen LogP contribution in [-0.4, -0.2) is 40.5 Å². The summed E-state index contributed by atoms with van der Waals surface area (Å²) < 4.78 is 0. The molecule has 0 saturated carbocycles. The van der Waals surface area contributed by atoms with Crippen LogP contribution in [0.3, 0.4) is 0 Å². The summed E-state index contributed by atoms with van der Waals surface area (Å²) in [6.07, 6.45) is 2.43. The van der Waals surface area contributed by atoms with Crippen molar-refractivity contribution in [1.29, 1.82) is 0 Å². The number of fused-ring (bicyclic) bond motifs is 2. The summed E-state index contributed by atoms with van der Waals surface area (Å²) in [6.45, 7) is 1.87. The van der Waals surface area contributed by atoms with Crippen LogP contribution in [0.5, 0.6) is 5.75 Å². The van der Waals surface area contributed by atoms with E-state index in [1.807, 2.05) is 18.2 Å². The van der Waals surface area contributed by atoms with E-state index in [-0.39, 0.29) is 5.75 Å². The standard InChI is InChI=1S/C16H19N5O/c17-16-14(21-8-10-5-6-11(9-21)18-10)7-13(19-20-16)12-3-1-2-4-15(12)22/h1-4,7,10-11,18,22H,5-6,8-9H2,(H2,17,20)/t10-,11+. The van der Waals surface area contributed by atoms with Crippen molar-refractivity contribution >= 4 is 11.5 Å². The number of hydrogen-bond acceptors (Lipinski definition) is 6. The first kappa shape index (κ1) is 13.3. The molecule has 1 aromatic carbocycles. The zero-order valence-electron chi connectivity index (χ0n) is 12.2. The Kier molecular flexibility index (Phi) is 3.11. The number of nitrogens with two attached hydrogens (primary N) is 1. The average Bonchev–Trinajstić information content (AvgIpc) is 2.87. The molecule has 6 nitrogen and oxygen atoms in total. The first-order valence-electron chi connectivity index (χ1n) is 7.63. The number of aromatic hydroxyl groups is 1. The van der Waals surface area contributed by atoms with Crippen LogP contribution in [-0.2, 0) is 0 Å². The minimum absolute atomic E-state index is 0.202. The van der Waals surface area contributed by atoms with Gasteiger partial charge in [-0.25, -0.2) is 0 Å². The second kappa shape index (κ2) is 5.14. The highest BCUT2D eigenvalue weighted by Gasteiger charge is 2.33. The van der Waals surface area contributed by atoms with Crippen LogP contribution >= 0.6 is 0 Å². The average molecular weight is 297 g/mol. The van der Waals surface area contributed by atoms with Crippen LogP contribution in [0.4, 0.5) is 11.5 Å². The maximum atomic E-state index is 10.0. The predicted molar refractivity (Wildman–Crippen MR) is 85.7 cm³/mol. The number of nitrogens with zero attached hydrogens (tertiary/aromatic N) is 3. The van der Waals surface area contributed by atoms with E-state index in [0.29, 0.717) is 29.2 Å². The Hall–Kier alpha value is -2.34. The van der Waals surface area contributed by atoms with Crippen LogP contribution in [0.2, 0.25) is 0 Å². The van der Waals surface area contributed by atoms with Crippen molar-refractivity contribution in [2.24, 2.45) is 0 Å². The van der Waals surface area contributed by atoms with Crippen LogP contribution in [0.25, 0.3) is 11.3 Å². The van der Waals surface area contributed by atoms with Gasteiger partial charge in [-0.3, -0.25) is 0 Å². The molecular weight excluding hydrogens is 278 g/mol. The molecule has 0 spiro atoms. The first-order valence-corrected chi connectivity index (χ1v) is 7.63. The number of hydrogen-bond donors (Lipinski definition) is 3. The summed E-state index contributed by atoms with van der Waals surface area (Å²) in [5, 5.41) is 21.9. The van der Waals surface area contributed by atoms with Gasteiger partial charge in [0.05, 0.1) is 11.4 Å². The maximum absolute atomic E-state index is 10.0. The minimum atomic E-state index is 0.202. The number of anilines is 2. The fraction of sp³-hybridized carbons (Fsp3) is 0.375. The monoisotopic (exact) mass is 297 g/mol. The van der Waals surface area contributed by atoms with Crippen molar-refractivity contribution in [3.63, 3.8) is 0 Å². The molecule has 2 bridgehead atoms. The Morgan fingerprint density at radius 2 is 1.86 bits per heavy atom. The van der Waals surface area contributed by atoms with E-state index in [2.05, 4.69) is 20.4 Å². The number of phenolic OH excluding ortho intramolecular Hbond substituents is 1. The van der Waals surface area contributed by atoms with Crippen molar-refractivity contribution < 1.29 is 5.11 Å². The number of para-hydroxylation sites is 1. The largest absolute Gasteiger partial charge is 0.507 e. The van der Waals surface area contributed by atoms with Crippen molar-refractivity contribution in [2.45, 2.75) is 24.9 Å². The van der Waals surface area contributed by atoms with E-state index in [9.17, 15) is 5.11 Å². The zero-order valence-corrected chi connectivity index (χ0v) is 12.2. The number of aromatic nitrogens is 2. The Morgan fingerprint density at radius 3 is 2.59 bits per heavy atom. The van der Waals surface area contributed by atoms with E-state index < -0.39 is 0 Å². The van der Waals surface area contributed by atoms with Crippen molar-refractivity contribution in [3.05, 3.63) is 30.3 Å². The number of phenols is 1. The van der Waals surface area contributed by atoms with Gasteiger partial charge in [-0.2, -0.15) is 0 Å². The number of benzene rings is 1. The molecule has 22 heavy (non-hydrogen) atoms. The van der Waals surface area contributed by atoms with Crippen molar-refractivity contribution in [3.8, 4) is 17.0 Å². The van der Waals surface area contributed by atoms with Gasteiger partial charge in [-0.05, 0) is 31.0 Å². The summed E-state index contributed by atoms with van der Waals surface area (Å²) in [5.74, 6) is 0.647. The van der Waals surface area contributed by atoms with Gasteiger partial charge in [0.25, 0.3) is 0 Å². The zero-order chi connectivity index (χ0) is 15.1. The maximum Gasteiger partial charge on any atom is 0.169 e. The lowest BCUT2D eigenvalue weighted by atomic mass is 10.1. The van der Waals surface area contributed by atoms with Crippen molar-refractivity contribution in [1.82, 2.24) is 15.5 Å². The van der Waals surface area contributed by atoms with Gasteiger partial charge in [0.2, 0.25) is 0 Å². The van der Waals surface area contributed by atoms with Crippen LogP contribution < -0.4 is 16.0 Å². The third kappa shape index (κ3) is 2.25. The minimum Gasteiger partial charge on any atom is -0.507 e. The summed E-state index contributed by atoms with van der Waals surface area (Å²) in [6, 6.07) is 10.1. The highest BCUT2D eigenvalue weighted by Crippen LogP contribution is 2.33. The normalized spacial score (nSPS) is 23.7. The van der Waals surface area contributed by atoms with Gasteiger partial charge >= 0.3 is 0 Å². The van der Waals surface area contributed by atoms with Gasteiger partial charge in [-0.1, -0.05) is 12.1 Å². The fourth-order valence-electron chi connectivity index (χ4n) is 3.46. The Morgan fingerprint density at radius 1 is 1.14 bits per heavy atom. The smallest absolute Gasteiger partial charge is 0.169 e. The lowest BCUT2D eigenvalue weighted by Gasteiger charge is -2.34. The summed E-state index contributed by atoms with van der Waals surface area (Å²) in [5.41, 5.74) is 8.28. The number of rotatable bonds is 2. The third-order valence-electron chi connectivity index (χ3n) is 4.54. The molecule has 114 valence electrons. The molecule has 6 heteroatoms. The van der Waals surface area contributed by atoms with Crippen molar-refractivity contribution in [2.75, 3.05) is 23.7 Å². The van der Waals surface area contributed by atoms with Gasteiger partial charge in [-0.15, -0.1) is 10.2 Å². The SMILES string of the molecule is Nc1nnc(-c2ccccc2O)cc1N1C[C@H]2CC[C@@H](C1)N2. The second-order valence-electron chi connectivity index (χ2n) is 6.06. The summed E-state index contributed by atoms with van der Waals surface area (Å²) in [4.78, 5) is 2.28. The van der Waals surface area contributed by atoms with Crippen LogP contribution in [0.1, 0.15) is 12.8 Å². The highest BCUT2D eigenvalue weighted by atomic mass is 16.3. The molecule has 2 aliphatic rings. The predicted octanol–water partition coefficient (Wildman–Crippen LogP) is 1.37. The van der Waals surface area contributed by atoms with E-state index in [4.69, 9.17) is 5.73 Å². The molecule has 2 fully saturated rings. The van der Waals surface area contributed by atoms with Gasteiger partial charge < -0.3 is 21.1 Å². The molecule has 3 heterocycles. The molecule has 0 unspecified atom stereocenters.